The fourth-order valence-corrected chi connectivity index (χ4v) is 1.94. The summed E-state index contributed by atoms with van der Waals surface area (Å²) in [5.41, 5.74) is 2.85. The van der Waals surface area contributed by atoms with Gasteiger partial charge in [-0.05, 0) is 29.3 Å². The van der Waals surface area contributed by atoms with Crippen molar-refractivity contribution in [1.82, 2.24) is 0 Å². The van der Waals surface area contributed by atoms with E-state index in [9.17, 15) is 0 Å². The van der Waals surface area contributed by atoms with Crippen molar-refractivity contribution in [2.45, 2.75) is 0 Å². The van der Waals surface area contributed by atoms with Crippen molar-refractivity contribution in [2.75, 3.05) is 0 Å². The van der Waals surface area contributed by atoms with Gasteiger partial charge in [0.2, 0.25) is 0 Å². The van der Waals surface area contributed by atoms with Crippen LogP contribution in [-0.4, -0.2) is 0 Å². The maximum atomic E-state index is 8.86. The molecule has 0 spiro atoms. The Hall–Kier alpha value is -1.59. The topological polar surface area (TPSA) is 23.8 Å². The summed E-state index contributed by atoms with van der Waals surface area (Å²) in [6, 6.07) is 17.9. The van der Waals surface area contributed by atoms with Crippen LogP contribution in [0.2, 0.25) is 0 Å². The second-order valence-corrected chi connectivity index (χ2v) is 4.12. The summed E-state index contributed by atoms with van der Waals surface area (Å²) in [6.45, 7) is 0. The van der Waals surface area contributed by atoms with Gasteiger partial charge in [0, 0.05) is 4.47 Å². The van der Waals surface area contributed by atoms with Crippen molar-refractivity contribution in [2.24, 2.45) is 0 Å². The van der Waals surface area contributed by atoms with E-state index in [0.29, 0.717) is 5.56 Å². The first-order valence-electron chi connectivity index (χ1n) is 4.56. The zero-order chi connectivity index (χ0) is 10.7. The molecule has 0 radical (unpaired) electrons. The van der Waals surface area contributed by atoms with E-state index in [0.717, 1.165) is 15.6 Å². The van der Waals surface area contributed by atoms with Gasteiger partial charge in [-0.2, -0.15) is 5.26 Å². The lowest BCUT2D eigenvalue weighted by molar-refractivity contribution is 1.47. The first kappa shape index (κ1) is 9.95. The van der Waals surface area contributed by atoms with Crippen LogP contribution in [0.5, 0.6) is 0 Å². The van der Waals surface area contributed by atoms with E-state index in [2.05, 4.69) is 22.0 Å². The number of rotatable bonds is 1. The van der Waals surface area contributed by atoms with Crippen LogP contribution in [0.25, 0.3) is 11.1 Å². The number of hydrogen-bond acceptors (Lipinski definition) is 1. The van der Waals surface area contributed by atoms with E-state index in [1.165, 1.54) is 0 Å². The predicted octanol–water partition coefficient (Wildman–Crippen LogP) is 3.99. The standard InChI is InChI=1S/C13H8BrN/c14-13-7-10(9-15)6-12(8-13)11-4-2-1-3-5-11/h1-8H. The molecular formula is C13H8BrN. The zero-order valence-electron chi connectivity index (χ0n) is 7.94. The van der Waals surface area contributed by atoms with Crippen LogP contribution in [0.4, 0.5) is 0 Å². The van der Waals surface area contributed by atoms with Crippen molar-refractivity contribution in [3.8, 4) is 17.2 Å². The molecule has 0 bridgehead atoms. The largest absolute Gasteiger partial charge is 0.192 e. The molecule has 2 rings (SSSR count). The van der Waals surface area contributed by atoms with E-state index in [4.69, 9.17) is 5.26 Å². The van der Waals surface area contributed by atoms with Crippen LogP contribution in [0.3, 0.4) is 0 Å². The predicted molar refractivity (Wildman–Crippen MR) is 64.3 cm³/mol. The lowest BCUT2D eigenvalue weighted by atomic mass is 10.0. The molecule has 0 atom stereocenters. The smallest absolute Gasteiger partial charge is 0.0992 e. The Labute approximate surface area is 97.1 Å². The van der Waals surface area contributed by atoms with Crippen LogP contribution in [0.15, 0.2) is 53.0 Å². The Morgan fingerprint density at radius 3 is 2.33 bits per heavy atom. The molecule has 0 fully saturated rings. The molecule has 0 aromatic heterocycles. The molecule has 0 aliphatic heterocycles. The quantitative estimate of drug-likeness (QED) is 0.758. The summed E-state index contributed by atoms with van der Waals surface area (Å²) in [6.07, 6.45) is 0. The lowest BCUT2D eigenvalue weighted by Crippen LogP contribution is -1.80. The minimum absolute atomic E-state index is 0.670. The van der Waals surface area contributed by atoms with E-state index in [1.807, 2.05) is 48.5 Å². The van der Waals surface area contributed by atoms with Crippen LogP contribution >= 0.6 is 15.9 Å². The average molecular weight is 258 g/mol. The number of halogens is 1. The Balaban J connectivity index is 2.55. The van der Waals surface area contributed by atoms with Gasteiger partial charge in [-0.3, -0.25) is 0 Å². The highest BCUT2D eigenvalue weighted by Crippen LogP contribution is 2.24. The van der Waals surface area contributed by atoms with Crippen molar-refractivity contribution < 1.29 is 0 Å². The molecule has 0 saturated carbocycles. The van der Waals surface area contributed by atoms with E-state index in [1.54, 1.807) is 0 Å². The third-order valence-electron chi connectivity index (χ3n) is 2.13. The van der Waals surface area contributed by atoms with E-state index < -0.39 is 0 Å². The fourth-order valence-electron chi connectivity index (χ4n) is 1.45. The van der Waals surface area contributed by atoms with Gasteiger partial charge in [0.1, 0.15) is 0 Å². The highest BCUT2D eigenvalue weighted by molar-refractivity contribution is 9.10. The molecule has 2 heteroatoms. The molecular weight excluding hydrogens is 250 g/mol. The van der Waals surface area contributed by atoms with E-state index in [-0.39, 0.29) is 0 Å². The Morgan fingerprint density at radius 1 is 0.933 bits per heavy atom. The molecule has 2 aromatic carbocycles. The monoisotopic (exact) mass is 257 g/mol. The molecule has 0 saturated heterocycles. The Kier molecular flexibility index (Phi) is 2.84. The Bertz CT molecular complexity index is 512. The number of nitriles is 1. The summed E-state index contributed by atoms with van der Waals surface area (Å²) < 4.78 is 0.931. The number of benzene rings is 2. The van der Waals surface area contributed by atoms with Crippen LogP contribution < -0.4 is 0 Å². The van der Waals surface area contributed by atoms with E-state index >= 15 is 0 Å². The summed E-state index contributed by atoms with van der Waals surface area (Å²) >= 11 is 3.40. The molecule has 0 aliphatic rings. The highest BCUT2D eigenvalue weighted by Gasteiger charge is 2.00. The van der Waals surface area contributed by atoms with Crippen LogP contribution in [0, 0.1) is 11.3 Å². The minimum Gasteiger partial charge on any atom is -0.192 e. The third-order valence-corrected chi connectivity index (χ3v) is 2.59. The molecule has 2 aromatic rings. The summed E-state index contributed by atoms with van der Waals surface area (Å²) in [7, 11) is 0. The maximum Gasteiger partial charge on any atom is 0.0992 e. The summed E-state index contributed by atoms with van der Waals surface area (Å²) in [5, 5.41) is 8.86. The summed E-state index contributed by atoms with van der Waals surface area (Å²) in [4.78, 5) is 0. The van der Waals surface area contributed by atoms with Crippen molar-refractivity contribution in [1.29, 1.82) is 5.26 Å². The van der Waals surface area contributed by atoms with Gasteiger partial charge in [-0.25, -0.2) is 0 Å². The third kappa shape index (κ3) is 2.26. The molecule has 1 nitrogen and oxygen atoms in total. The average Bonchev–Trinajstić information content (AvgIpc) is 2.29. The van der Waals surface area contributed by atoms with Crippen LogP contribution in [0.1, 0.15) is 5.56 Å². The van der Waals surface area contributed by atoms with Gasteiger partial charge in [0.05, 0.1) is 11.6 Å². The lowest BCUT2D eigenvalue weighted by Gasteiger charge is -2.02. The maximum absolute atomic E-state index is 8.86. The number of hydrogen-bond donors (Lipinski definition) is 0. The van der Waals surface area contributed by atoms with Gasteiger partial charge in [0.25, 0.3) is 0 Å². The van der Waals surface area contributed by atoms with Gasteiger partial charge < -0.3 is 0 Å². The fraction of sp³-hybridized carbons (Fsp3) is 0. The molecule has 0 amide bonds. The van der Waals surface area contributed by atoms with Crippen LogP contribution in [-0.2, 0) is 0 Å². The first-order chi connectivity index (χ1) is 7.29. The highest BCUT2D eigenvalue weighted by atomic mass is 79.9. The normalized spacial score (nSPS) is 9.60. The van der Waals surface area contributed by atoms with Gasteiger partial charge in [-0.15, -0.1) is 0 Å². The Morgan fingerprint density at radius 2 is 1.67 bits per heavy atom. The van der Waals surface area contributed by atoms with Crippen molar-refractivity contribution >= 4 is 15.9 Å². The van der Waals surface area contributed by atoms with Crippen molar-refractivity contribution in [3.05, 3.63) is 58.6 Å². The molecule has 0 unspecified atom stereocenters. The van der Waals surface area contributed by atoms with Crippen molar-refractivity contribution in [3.63, 3.8) is 0 Å². The molecule has 15 heavy (non-hydrogen) atoms. The van der Waals surface area contributed by atoms with Gasteiger partial charge in [0.15, 0.2) is 0 Å². The second kappa shape index (κ2) is 4.29. The van der Waals surface area contributed by atoms with Gasteiger partial charge >= 0.3 is 0 Å². The number of nitrogens with zero attached hydrogens (tertiary/aromatic N) is 1. The van der Waals surface area contributed by atoms with Gasteiger partial charge in [-0.1, -0.05) is 46.3 Å². The molecule has 0 N–H and O–H groups in total. The first-order valence-corrected chi connectivity index (χ1v) is 5.35. The molecule has 72 valence electrons. The molecule has 0 heterocycles. The minimum atomic E-state index is 0.670. The zero-order valence-corrected chi connectivity index (χ0v) is 9.53. The summed E-state index contributed by atoms with van der Waals surface area (Å²) in [5.74, 6) is 0. The molecule has 0 aliphatic carbocycles. The second-order valence-electron chi connectivity index (χ2n) is 3.21. The SMILES string of the molecule is N#Cc1cc(Br)cc(-c2ccccc2)c1.